The van der Waals surface area contributed by atoms with E-state index in [9.17, 15) is 9.59 Å². The average molecular weight is 367 g/mol. The van der Waals surface area contributed by atoms with E-state index in [1.807, 2.05) is 12.1 Å². The summed E-state index contributed by atoms with van der Waals surface area (Å²) in [4.78, 5) is 28.4. The maximum atomic E-state index is 12.7. The first-order valence-corrected chi connectivity index (χ1v) is 10.3. The normalized spacial score (nSPS) is 20.3. The van der Waals surface area contributed by atoms with Gasteiger partial charge in [0.25, 0.3) is 5.91 Å². The van der Waals surface area contributed by atoms with E-state index in [1.54, 1.807) is 0 Å². The first kappa shape index (κ1) is 18.1. The van der Waals surface area contributed by atoms with E-state index in [2.05, 4.69) is 28.6 Å². The van der Waals surface area contributed by atoms with Gasteiger partial charge in [0.1, 0.15) is 0 Å². The summed E-state index contributed by atoms with van der Waals surface area (Å²) in [6.45, 7) is 2.31. The second kappa shape index (κ2) is 7.75. The Balaban J connectivity index is 1.44. The van der Waals surface area contributed by atoms with E-state index < -0.39 is 0 Å². The Morgan fingerprint density at radius 1 is 1.15 bits per heavy atom. The van der Waals surface area contributed by atoms with E-state index in [4.69, 9.17) is 0 Å². The Hall–Kier alpha value is -2.30. The van der Waals surface area contributed by atoms with Crippen LogP contribution in [-0.4, -0.2) is 29.4 Å². The summed E-state index contributed by atoms with van der Waals surface area (Å²) in [6, 6.07) is 6.13. The summed E-state index contributed by atoms with van der Waals surface area (Å²) in [6.07, 6.45) is 8.98. The number of fused-ring (bicyclic) bond motifs is 3. The highest BCUT2D eigenvalue weighted by atomic mass is 16.2. The van der Waals surface area contributed by atoms with Gasteiger partial charge < -0.3 is 15.6 Å². The van der Waals surface area contributed by atoms with E-state index in [0.29, 0.717) is 11.5 Å². The van der Waals surface area contributed by atoms with Crippen molar-refractivity contribution in [3.8, 4) is 0 Å². The van der Waals surface area contributed by atoms with Gasteiger partial charge in [-0.1, -0.05) is 38.3 Å². The van der Waals surface area contributed by atoms with Crippen LogP contribution in [0, 0.1) is 5.92 Å². The number of rotatable bonds is 4. The van der Waals surface area contributed by atoms with E-state index >= 15 is 0 Å². The lowest BCUT2D eigenvalue weighted by Crippen LogP contribution is -2.42. The molecular formula is C22H29N3O2. The summed E-state index contributed by atoms with van der Waals surface area (Å²) >= 11 is 0. The first-order valence-electron chi connectivity index (χ1n) is 10.3. The Bertz CT molecular complexity index is 849. The second-order valence-electron chi connectivity index (χ2n) is 8.24. The van der Waals surface area contributed by atoms with Crippen molar-refractivity contribution in [2.24, 2.45) is 5.92 Å². The third-order valence-electron chi connectivity index (χ3n) is 6.09. The van der Waals surface area contributed by atoms with Gasteiger partial charge in [0.2, 0.25) is 5.91 Å². The Kier molecular flexibility index (Phi) is 5.19. The number of para-hydroxylation sites is 1. The summed E-state index contributed by atoms with van der Waals surface area (Å²) in [7, 11) is 0. The highest BCUT2D eigenvalue weighted by molar-refractivity contribution is 6.07. The number of nitrogens with one attached hydrogen (secondary N) is 3. The fraction of sp³-hybridized carbons (Fsp3) is 0.545. The molecule has 1 unspecified atom stereocenters. The maximum Gasteiger partial charge on any atom is 0.253 e. The lowest BCUT2D eigenvalue weighted by atomic mass is 9.87. The van der Waals surface area contributed by atoms with Gasteiger partial charge in [0.05, 0.1) is 17.6 Å². The average Bonchev–Trinajstić information content (AvgIpc) is 3.05. The highest BCUT2D eigenvalue weighted by Crippen LogP contribution is 2.32. The van der Waals surface area contributed by atoms with Gasteiger partial charge >= 0.3 is 0 Å². The minimum atomic E-state index is -0.189. The zero-order valence-electron chi connectivity index (χ0n) is 16.1. The molecule has 0 aliphatic heterocycles. The Labute approximate surface area is 160 Å². The lowest BCUT2D eigenvalue weighted by molar-refractivity contribution is -0.121. The molecule has 0 bridgehead atoms. The second-order valence-corrected chi connectivity index (χ2v) is 8.24. The number of hydrogen-bond donors (Lipinski definition) is 3. The van der Waals surface area contributed by atoms with Crippen LogP contribution in [0.4, 0.5) is 0 Å². The molecule has 1 heterocycles. The van der Waals surface area contributed by atoms with Gasteiger partial charge in [-0.15, -0.1) is 0 Å². The molecule has 0 spiro atoms. The maximum absolute atomic E-state index is 12.7. The van der Waals surface area contributed by atoms with Gasteiger partial charge in [-0.25, -0.2) is 0 Å². The molecule has 1 aromatic heterocycles. The number of aryl methyl sites for hydroxylation is 1. The number of aromatic nitrogens is 1. The van der Waals surface area contributed by atoms with Crippen molar-refractivity contribution in [3.63, 3.8) is 0 Å². The monoisotopic (exact) mass is 367 g/mol. The summed E-state index contributed by atoms with van der Waals surface area (Å²) in [5, 5.41) is 6.99. The third kappa shape index (κ3) is 3.87. The highest BCUT2D eigenvalue weighted by Gasteiger charge is 2.22. The Morgan fingerprint density at radius 3 is 2.78 bits per heavy atom. The quantitative estimate of drug-likeness (QED) is 0.774. The van der Waals surface area contributed by atoms with Crippen molar-refractivity contribution < 1.29 is 9.59 Å². The standard InChI is InChI=1S/C22H29N3O2/c1-14-10-11-19-18(12-14)16-8-5-9-17(21(16)25-19)22(27)23-13-20(26)24-15-6-3-2-4-7-15/h5,8-9,14-15,25H,2-4,6-7,10-13H2,1H3,(H,23,27)(H,24,26). The third-order valence-corrected chi connectivity index (χ3v) is 6.09. The number of amides is 2. The van der Waals surface area contributed by atoms with Crippen LogP contribution < -0.4 is 10.6 Å². The van der Waals surface area contributed by atoms with E-state index in [-0.39, 0.29) is 24.4 Å². The van der Waals surface area contributed by atoms with Gasteiger partial charge in [-0.05, 0) is 49.7 Å². The van der Waals surface area contributed by atoms with Crippen molar-refractivity contribution in [1.82, 2.24) is 15.6 Å². The molecule has 2 aliphatic carbocycles. The van der Waals surface area contributed by atoms with Crippen molar-refractivity contribution in [3.05, 3.63) is 35.0 Å². The minimum absolute atomic E-state index is 0.0309. The topological polar surface area (TPSA) is 74.0 Å². The minimum Gasteiger partial charge on any atom is -0.358 e. The fourth-order valence-electron chi connectivity index (χ4n) is 4.59. The van der Waals surface area contributed by atoms with Crippen LogP contribution in [0.15, 0.2) is 18.2 Å². The largest absolute Gasteiger partial charge is 0.358 e. The molecule has 1 fully saturated rings. The van der Waals surface area contributed by atoms with Crippen LogP contribution in [0.25, 0.3) is 10.9 Å². The van der Waals surface area contributed by atoms with Gasteiger partial charge in [0.15, 0.2) is 0 Å². The van der Waals surface area contributed by atoms with E-state index in [1.165, 1.54) is 36.9 Å². The number of aromatic amines is 1. The Morgan fingerprint density at radius 2 is 1.96 bits per heavy atom. The van der Waals surface area contributed by atoms with Crippen LogP contribution in [0.5, 0.6) is 0 Å². The molecule has 1 saturated carbocycles. The van der Waals surface area contributed by atoms with Crippen molar-refractivity contribution in [2.45, 2.75) is 64.3 Å². The van der Waals surface area contributed by atoms with Crippen LogP contribution in [0.2, 0.25) is 0 Å². The molecule has 5 heteroatoms. The SMILES string of the molecule is CC1CCc2[nH]c3c(C(=O)NCC(=O)NC4CCCCC4)cccc3c2C1. The predicted molar refractivity (Wildman–Crippen MR) is 107 cm³/mol. The molecular weight excluding hydrogens is 338 g/mol. The summed E-state index contributed by atoms with van der Waals surface area (Å²) < 4.78 is 0. The van der Waals surface area contributed by atoms with Crippen LogP contribution in [0.1, 0.15) is 67.1 Å². The molecule has 0 radical (unpaired) electrons. The number of carbonyl (C=O) groups is 2. The fourth-order valence-corrected chi connectivity index (χ4v) is 4.59. The molecule has 27 heavy (non-hydrogen) atoms. The molecule has 2 amide bonds. The number of carbonyl (C=O) groups excluding carboxylic acids is 2. The van der Waals surface area contributed by atoms with Crippen molar-refractivity contribution in [2.75, 3.05) is 6.54 Å². The molecule has 2 aliphatic rings. The summed E-state index contributed by atoms with van der Waals surface area (Å²) in [5.41, 5.74) is 4.15. The molecule has 144 valence electrons. The van der Waals surface area contributed by atoms with Crippen LogP contribution >= 0.6 is 0 Å². The molecule has 0 saturated heterocycles. The molecule has 2 aromatic rings. The molecule has 1 aromatic carbocycles. The first-order chi connectivity index (χ1) is 13.1. The predicted octanol–water partition coefficient (Wildman–Crippen LogP) is 3.47. The molecule has 5 nitrogen and oxygen atoms in total. The van der Waals surface area contributed by atoms with Crippen LogP contribution in [0.3, 0.4) is 0 Å². The number of H-pyrrole nitrogens is 1. The summed E-state index contributed by atoms with van der Waals surface area (Å²) in [5.74, 6) is 0.394. The van der Waals surface area contributed by atoms with Crippen LogP contribution in [-0.2, 0) is 17.6 Å². The van der Waals surface area contributed by atoms with Gasteiger partial charge in [-0.2, -0.15) is 0 Å². The van der Waals surface area contributed by atoms with Crippen molar-refractivity contribution in [1.29, 1.82) is 0 Å². The van der Waals surface area contributed by atoms with Gasteiger partial charge in [0, 0.05) is 17.1 Å². The molecule has 4 rings (SSSR count). The van der Waals surface area contributed by atoms with Gasteiger partial charge in [-0.3, -0.25) is 9.59 Å². The smallest absolute Gasteiger partial charge is 0.253 e. The number of hydrogen-bond acceptors (Lipinski definition) is 2. The van der Waals surface area contributed by atoms with Crippen molar-refractivity contribution >= 4 is 22.7 Å². The molecule has 1 atom stereocenters. The zero-order valence-corrected chi connectivity index (χ0v) is 16.1. The zero-order chi connectivity index (χ0) is 18.8. The van der Waals surface area contributed by atoms with E-state index in [0.717, 1.165) is 36.6 Å². The molecule has 3 N–H and O–H groups in total. The number of benzene rings is 1. The lowest BCUT2D eigenvalue weighted by Gasteiger charge is -2.22.